The predicted octanol–water partition coefficient (Wildman–Crippen LogP) is 4.61. The normalized spacial score (nSPS) is 11.2. The molecule has 4 aromatic rings. The molecule has 0 aliphatic carbocycles. The summed E-state index contributed by atoms with van der Waals surface area (Å²) < 4.78 is 14.4. The summed E-state index contributed by atoms with van der Waals surface area (Å²) in [5.74, 6) is -0.0200. The second kappa shape index (κ2) is 11.2. The van der Waals surface area contributed by atoms with Crippen LogP contribution in [0, 0.1) is 13.8 Å². The van der Waals surface area contributed by atoms with Gasteiger partial charge in [0.05, 0.1) is 30.3 Å². The summed E-state index contributed by atoms with van der Waals surface area (Å²) in [6, 6.07) is 13.0. The smallest absolute Gasteiger partial charge is 0.306 e. The van der Waals surface area contributed by atoms with Gasteiger partial charge in [0.15, 0.2) is 6.61 Å². The molecule has 3 heterocycles. The molecule has 188 valence electrons. The van der Waals surface area contributed by atoms with E-state index in [1.165, 1.54) is 0 Å². The van der Waals surface area contributed by atoms with Crippen molar-refractivity contribution in [3.8, 4) is 0 Å². The first-order valence-electron chi connectivity index (χ1n) is 12.3. The summed E-state index contributed by atoms with van der Waals surface area (Å²) in [4.78, 5) is 42.7. The number of carbonyl (C=O) groups is 2. The van der Waals surface area contributed by atoms with Crippen molar-refractivity contribution in [3.63, 3.8) is 0 Å². The van der Waals surface area contributed by atoms with Crippen LogP contribution in [0.4, 0.5) is 0 Å². The highest BCUT2D eigenvalue weighted by Crippen LogP contribution is 2.18. The number of ketones is 1. The summed E-state index contributed by atoms with van der Waals surface area (Å²) in [5, 5.41) is 0. The number of aryl methyl sites for hydroxylation is 3. The number of rotatable bonds is 11. The Labute approximate surface area is 209 Å². The third-order valence-corrected chi connectivity index (χ3v) is 6.35. The van der Waals surface area contributed by atoms with Crippen LogP contribution in [0.25, 0.3) is 11.0 Å². The SMILES string of the molecule is CCCCn1c(=O)c(CCC(=O)OCC(=O)c2cc(C)n(Cc3ccco3)c2C)nc2ccccc21. The molecular formula is C28H31N3O5. The Bertz CT molecular complexity index is 1430. The van der Waals surface area contributed by atoms with E-state index >= 15 is 0 Å². The molecule has 0 atom stereocenters. The lowest BCUT2D eigenvalue weighted by molar-refractivity contribution is -0.142. The number of fused-ring (bicyclic) bond motifs is 1. The maximum Gasteiger partial charge on any atom is 0.306 e. The lowest BCUT2D eigenvalue weighted by Crippen LogP contribution is -2.26. The van der Waals surface area contributed by atoms with Crippen molar-refractivity contribution in [3.05, 3.63) is 87.5 Å². The predicted molar refractivity (Wildman–Crippen MR) is 136 cm³/mol. The topological polar surface area (TPSA) is 96.3 Å². The minimum atomic E-state index is -0.540. The minimum absolute atomic E-state index is 0.0286. The number of hydrogen-bond donors (Lipinski definition) is 0. The maximum absolute atomic E-state index is 13.0. The van der Waals surface area contributed by atoms with Crippen molar-refractivity contribution in [2.24, 2.45) is 0 Å². The maximum atomic E-state index is 13.0. The summed E-state index contributed by atoms with van der Waals surface area (Å²) in [5.41, 5.74) is 3.87. The van der Waals surface area contributed by atoms with Crippen molar-refractivity contribution >= 4 is 22.8 Å². The van der Waals surface area contributed by atoms with Gasteiger partial charge in [-0.25, -0.2) is 4.98 Å². The first kappa shape index (κ1) is 25.2. The molecule has 1 aromatic carbocycles. The summed E-state index contributed by atoms with van der Waals surface area (Å²) in [6.45, 7) is 6.62. The highest BCUT2D eigenvalue weighted by Gasteiger charge is 2.19. The highest BCUT2D eigenvalue weighted by molar-refractivity contribution is 5.99. The number of ether oxygens (including phenoxy) is 1. The Morgan fingerprint density at radius 2 is 1.89 bits per heavy atom. The third kappa shape index (κ3) is 5.48. The van der Waals surface area contributed by atoms with Crippen molar-refractivity contribution < 1.29 is 18.7 Å². The van der Waals surface area contributed by atoms with Gasteiger partial charge in [-0.2, -0.15) is 0 Å². The standard InChI is InChI=1S/C28H31N3O5/c1-4-5-14-30-25-11-7-6-10-23(25)29-24(28(30)34)12-13-27(33)36-18-26(32)22-16-19(2)31(20(22)3)17-21-9-8-15-35-21/h6-11,15-16H,4-5,12-14,17-18H2,1-3H3. The number of para-hydroxylation sites is 2. The number of benzene rings is 1. The molecule has 8 nitrogen and oxygen atoms in total. The van der Waals surface area contributed by atoms with Crippen LogP contribution < -0.4 is 5.56 Å². The lowest BCUT2D eigenvalue weighted by Gasteiger charge is -2.12. The minimum Gasteiger partial charge on any atom is -0.467 e. The van der Waals surface area contributed by atoms with Gasteiger partial charge < -0.3 is 18.3 Å². The van der Waals surface area contributed by atoms with E-state index in [9.17, 15) is 14.4 Å². The van der Waals surface area contributed by atoms with Crippen LogP contribution in [0.5, 0.6) is 0 Å². The Hall–Kier alpha value is -3.94. The summed E-state index contributed by atoms with van der Waals surface area (Å²) in [6.07, 6.45) is 3.58. The third-order valence-electron chi connectivity index (χ3n) is 6.35. The molecular weight excluding hydrogens is 458 g/mol. The van der Waals surface area contributed by atoms with Crippen LogP contribution in [0.2, 0.25) is 0 Å². The van der Waals surface area contributed by atoms with Gasteiger partial charge in [0.25, 0.3) is 5.56 Å². The highest BCUT2D eigenvalue weighted by atomic mass is 16.5. The lowest BCUT2D eigenvalue weighted by atomic mass is 10.1. The van der Waals surface area contributed by atoms with Crippen LogP contribution in [-0.2, 0) is 29.0 Å². The first-order chi connectivity index (χ1) is 17.4. The summed E-state index contributed by atoms with van der Waals surface area (Å²) >= 11 is 0. The van der Waals surface area contributed by atoms with E-state index in [2.05, 4.69) is 11.9 Å². The van der Waals surface area contributed by atoms with Crippen LogP contribution in [0.3, 0.4) is 0 Å². The van der Waals surface area contributed by atoms with Crippen molar-refractivity contribution in [1.29, 1.82) is 0 Å². The Balaban J connectivity index is 1.39. The average molecular weight is 490 g/mol. The van der Waals surface area contributed by atoms with Crippen molar-refractivity contribution in [2.45, 2.75) is 59.5 Å². The molecule has 4 rings (SSSR count). The molecule has 0 N–H and O–H groups in total. The largest absolute Gasteiger partial charge is 0.467 e. The van der Waals surface area contributed by atoms with Gasteiger partial charge >= 0.3 is 5.97 Å². The number of furan rings is 1. The van der Waals surface area contributed by atoms with E-state index < -0.39 is 5.97 Å². The van der Waals surface area contributed by atoms with E-state index in [1.54, 1.807) is 16.9 Å². The number of unbranched alkanes of at least 4 members (excludes halogenated alkanes) is 1. The number of esters is 1. The molecule has 0 aliphatic heterocycles. The number of Topliss-reactive ketones (excluding diaryl/α,β-unsaturated/α-hetero) is 1. The number of carbonyl (C=O) groups excluding carboxylic acids is 2. The second-order valence-electron chi connectivity index (χ2n) is 8.89. The molecule has 0 radical (unpaired) electrons. The molecule has 0 amide bonds. The van der Waals surface area contributed by atoms with Crippen LogP contribution >= 0.6 is 0 Å². The molecule has 36 heavy (non-hydrogen) atoms. The van der Waals surface area contributed by atoms with Crippen LogP contribution in [-0.4, -0.2) is 32.5 Å². The summed E-state index contributed by atoms with van der Waals surface area (Å²) in [7, 11) is 0. The van der Waals surface area contributed by atoms with Crippen molar-refractivity contribution in [2.75, 3.05) is 6.61 Å². The fourth-order valence-corrected chi connectivity index (χ4v) is 4.35. The Morgan fingerprint density at radius 1 is 1.08 bits per heavy atom. The Morgan fingerprint density at radius 3 is 2.64 bits per heavy atom. The molecule has 3 aromatic heterocycles. The molecule has 0 saturated carbocycles. The molecule has 8 heteroatoms. The van der Waals surface area contributed by atoms with Gasteiger partial charge in [-0.05, 0) is 50.6 Å². The van der Waals surface area contributed by atoms with Crippen LogP contribution in [0.15, 0.2) is 57.9 Å². The van der Waals surface area contributed by atoms with E-state index in [4.69, 9.17) is 9.15 Å². The van der Waals surface area contributed by atoms with Crippen LogP contribution in [0.1, 0.15) is 59.4 Å². The monoisotopic (exact) mass is 489 g/mol. The van der Waals surface area contributed by atoms with E-state index in [-0.39, 0.29) is 30.8 Å². The number of aromatic nitrogens is 3. The second-order valence-corrected chi connectivity index (χ2v) is 8.89. The molecule has 0 fully saturated rings. The van der Waals surface area contributed by atoms with E-state index in [1.807, 2.05) is 54.8 Å². The van der Waals surface area contributed by atoms with Crippen molar-refractivity contribution in [1.82, 2.24) is 14.1 Å². The molecule has 0 saturated heterocycles. The number of hydrogen-bond acceptors (Lipinski definition) is 6. The molecule has 0 spiro atoms. The quantitative estimate of drug-likeness (QED) is 0.225. The fraction of sp³-hybridized carbons (Fsp3) is 0.357. The van der Waals surface area contributed by atoms with Gasteiger partial charge in [-0.1, -0.05) is 25.5 Å². The zero-order chi connectivity index (χ0) is 25.7. The van der Waals surface area contributed by atoms with E-state index in [0.717, 1.165) is 41.0 Å². The molecule has 0 unspecified atom stereocenters. The number of nitrogens with zero attached hydrogens (tertiary/aromatic N) is 3. The van der Waals surface area contributed by atoms with Gasteiger partial charge in [0, 0.05) is 29.9 Å². The average Bonchev–Trinajstić information content (AvgIpc) is 3.49. The van der Waals surface area contributed by atoms with Gasteiger partial charge in [-0.3, -0.25) is 14.4 Å². The van der Waals surface area contributed by atoms with Gasteiger partial charge in [0.1, 0.15) is 11.5 Å². The van der Waals surface area contributed by atoms with Gasteiger partial charge in [0.2, 0.25) is 5.78 Å². The Kier molecular flexibility index (Phi) is 7.83. The first-order valence-corrected chi connectivity index (χ1v) is 12.3. The van der Waals surface area contributed by atoms with Gasteiger partial charge in [-0.15, -0.1) is 0 Å². The fourth-order valence-electron chi connectivity index (χ4n) is 4.35. The zero-order valence-corrected chi connectivity index (χ0v) is 21.0. The van der Waals surface area contributed by atoms with E-state index in [0.29, 0.717) is 24.3 Å². The zero-order valence-electron chi connectivity index (χ0n) is 21.0. The molecule has 0 aliphatic rings. The molecule has 0 bridgehead atoms.